The maximum absolute atomic E-state index is 13.0. The summed E-state index contributed by atoms with van der Waals surface area (Å²) in [6.45, 7) is 0.593. The molecule has 0 bridgehead atoms. The summed E-state index contributed by atoms with van der Waals surface area (Å²) in [6, 6.07) is 4.21. The number of carbonyl (C=O) groups is 1. The van der Waals surface area contributed by atoms with E-state index in [1.54, 1.807) is 0 Å². The second-order valence-corrected chi connectivity index (χ2v) is 5.49. The molecule has 0 aromatic heterocycles. The van der Waals surface area contributed by atoms with E-state index < -0.39 is 0 Å². The molecule has 1 amide bonds. The van der Waals surface area contributed by atoms with Crippen LogP contribution in [0, 0.1) is 11.7 Å². The lowest BCUT2D eigenvalue weighted by molar-refractivity contribution is 0.0928. The molecule has 1 aromatic rings. The van der Waals surface area contributed by atoms with Gasteiger partial charge in [0.25, 0.3) is 5.91 Å². The van der Waals surface area contributed by atoms with Crippen LogP contribution in [0.15, 0.2) is 22.7 Å². The van der Waals surface area contributed by atoms with E-state index in [1.807, 2.05) is 0 Å². The predicted octanol–water partition coefficient (Wildman–Crippen LogP) is 2.87. The Morgan fingerprint density at radius 1 is 1.47 bits per heavy atom. The maximum Gasteiger partial charge on any atom is 0.252 e. The van der Waals surface area contributed by atoms with Gasteiger partial charge in [0.1, 0.15) is 5.82 Å². The van der Waals surface area contributed by atoms with Crippen LogP contribution in [0.2, 0.25) is 0 Å². The van der Waals surface area contributed by atoms with Gasteiger partial charge in [-0.2, -0.15) is 0 Å². The van der Waals surface area contributed by atoms with Crippen molar-refractivity contribution in [2.45, 2.75) is 25.3 Å². The van der Waals surface area contributed by atoms with Crippen molar-refractivity contribution in [3.63, 3.8) is 0 Å². The zero-order chi connectivity index (χ0) is 13.1. The molecule has 1 aromatic carbocycles. The highest BCUT2D eigenvalue weighted by Gasteiger charge is 2.27. The average Bonchev–Trinajstić information content (AvgIpc) is 2.76. The first kappa shape index (κ1) is 16.4. The molecule has 6 heteroatoms. The molecule has 106 valence electrons. The second kappa shape index (κ2) is 7.22. The van der Waals surface area contributed by atoms with Crippen molar-refractivity contribution >= 4 is 34.2 Å². The first-order valence-corrected chi connectivity index (χ1v) is 6.87. The Morgan fingerprint density at radius 2 is 2.21 bits per heavy atom. The molecule has 0 radical (unpaired) electrons. The van der Waals surface area contributed by atoms with Crippen LogP contribution in [-0.4, -0.2) is 18.5 Å². The maximum atomic E-state index is 13.0. The number of amides is 1. The predicted molar refractivity (Wildman–Crippen MR) is 79.0 cm³/mol. The number of rotatable bonds is 3. The third-order valence-electron chi connectivity index (χ3n) is 3.45. The summed E-state index contributed by atoms with van der Waals surface area (Å²) >= 11 is 3.20. The van der Waals surface area contributed by atoms with Crippen LogP contribution in [0.5, 0.6) is 0 Å². The van der Waals surface area contributed by atoms with Gasteiger partial charge in [-0.3, -0.25) is 4.79 Å². The van der Waals surface area contributed by atoms with Crippen molar-refractivity contribution in [3.8, 4) is 0 Å². The molecule has 0 aliphatic heterocycles. The average molecular weight is 352 g/mol. The number of carbonyl (C=O) groups excluding carboxylic acids is 1. The summed E-state index contributed by atoms with van der Waals surface area (Å²) in [7, 11) is 0. The number of hydrogen-bond acceptors (Lipinski definition) is 2. The number of halogens is 3. The van der Waals surface area contributed by atoms with Gasteiger partial charge in [0.15, 0.2) is 0 Å². The Hall–Kier alpha value is -0.650. The van der Waals surface area contributed by atoms with Crippen LogP contribution < -0.4 is 11.1 Å². The van der Waals surface area contributed by atoms with Crippen molar-refractivity contribution < 1.29 is 9.18 Å². The van der Waals surface area contributed by atoms with Crippen molar-refractivity contribution in [2.75, 3.05) is 6.54 Å². The number of benzene rings is 1. The molecule has 0 saturated heterocycles. The largest absolute Gasteiger partial charge is 0.349 e. The van der Waals surface area contributed by atoms with E-state index in [1.165, 1.54) is 18.2 Å². The summed E-state index contributed by atoms with van der Waals surface area (Å²) < 4.78 is 13.4. The summed E-state index contributed by atoms with van der Waals surface area (Å²) in [5, 5.41) is 2.99. The topological polar surface area (TPSA) is 55.1 Å². The molecule has 3 N–H and O–H groups in total. The standard InChI is InChI=1S/C13H16BrFN2O.ClH/c14-11-6-9(15)4-5-10(11)13(18)17-12-3-1-2-8(12)7-16;/h4-6,8,12H,1-3,7,16H2,(H,17,18);1H. The molecule has 3 nitrogen and oxygen atoms in total. The summed E-state index contributed by atoms with van der Waals surface area (Å²) in [4.78, 5) is 12.1. The van der Waals surface area contributed by atoms with Crippen LogP contribution in [0.3, 0.4) is 0 Å². The van der Waals surface area contributed by atoms with Gasteiger partial charge in [0.05, 0.1) is 5.56 Å². The SMILES string of the molecule is Cl.NCC1CCCC1NC(=O)c1ccc(F)cc1Br. The van der Waals surface area contributed by atoms with Gasteiger partial charge < -0.3 is 11.1 Å². The number of hydrogen-bond donors (Lipinski definition) is 2. The van der Waals surface area contributed by atoms with E-state index in [0.29, 0.717) is 22.5 Å². The molecule has 1 fully saturated rings. The molecule has 1 saturated carbocycles. The molecule has 0 spiro atoms. The minimum Gasteiger partial charge on any atom is -0.349 e. The van der Waals surface area contributed by atoms with Crippen molar-refractivity contribution in [3.05, 3.63) is 34.1 Å². The fourth-order valence-corrected chi connectivity index (χ4v) is 2.96. The highest BCUT2D eigenvalue weighted by molar-refractivity contribution is 9.10. The highest BCUT2D eigenvalue weighted by atomic mass is 79.9. The third kappa shape index (κ3) is 3.91. The van der Waals surface area contributed by atoms with Gasteiger partial charge in [-0.25, -0.2) is 4.39 Å². The summed E-state index contributed by atoms with van der Waals surface area (Å²) in [5.74, 6) is -0.181. The van der Waals surface area contributed by atoms with Crippen LogP contribution >= 0.6 is 28.3 Å². The minimum atomic E-state index is -0.362. The molecular formula is C13H17BrClFN2O. The molecule has 19 heavy (non-hydrogen) atoms. The van der Waals surface area contributed by atoms with E-state index in [4.69, 9.17) is 5.73 Å². The quantitative estimate of drug-likeness (QED) is 0.880. The van der Waals surface area contributed by atoms with Gasteiger partial charge in [-0.1, -0.05) is 6.42 Å². The van der Waals surface area contributed by atoms with E-state index in [0.717, 1.165) is 19.3 Å². The van der Waals surface area contributed by atoms with Crippen LogP contribution in [0.25, 0.3) is 0 Å². The fourth-order valence-electron chi connectivity index (χ4n) is 2.43. The Morgan fingerprint density at radius 3 is 2.84 bits per heavy atom. The van der Waals surface area contributed by atoms with E-state index in [9.17, 15) is 9.18 Å². The Bertz CT molecular complexity index is 458. The first-order valence-electron chi connectivity index (χ1n) is 6.08. The second-order valence-electron chi connectivity index (χ2n) is 4.63. The molecular weight excluding hydrogens is 335 g/mol. The Kier molecular flexibility index (Phi) is 6.23. The minimum absolute atomic E-state index is 0. The lowest BCUT2D eigenvalue weighted by Gasteiger charge is -2.19. The van der Waals surface area contributed by atoms with Crippen LogP contribution in [-0.2, 0) is 0 Å². The van der Waals surface area contributed by atoms with Crippen molar-refractivity contribution in [1.29, 1.82) is 0 Å². The zero-order valence-electron chi connectivity index (χ0n) is 10.4. The van der Waals surface area contributed by atoms with Gasteiger partial charge in [0.2, 0.25) is 0 Å². The molecule has 0 heterocycles. The molecule has 2 unspecified atom stereocenters. The number of nitrogens with one attached hydrogen (secondary N) is 1. The number of nitrogens with two attached hydrogens (primary N) is 1. The molecule has 2 atom stereocenters. The van der Waals surface area contributed by atoms with E-state index in [-0.39, 0.29) is 30.2 Å². The zero-order valence-corrected chi connectivity index (χ0v) is 12.8. The van der Waals surface area contributed by atoms with Crippen molar-refractivity contribution in [1.82, 2.24) is 5.32 Å². The third-order valence-corrected chi connectivity index (χ3v) is 4.11. The molecule has 1 aliphatic rings. The normalized spacial score (nSPS) is 21.8. The fraction of sp³-hybridized carbons (Fsp3) is 0.462. The van der Waals surface area contributed by atoms with Gasteiger partial charge >= 0.3 is 0 Å². The van der Waals surface area contributed by atoms with Crippen LogP contribution in [0.1, 0.15) is 29.6 Å². The first-order chi connectivity index (χ1) is 8.61. The molecule has 2 rings (SSSR count). The monoisotopic (exact) mass is 350 g/mol. The Balaban J connectivity index is 0.00000180. The van der Waals surface area contributed by atoms with Crippen LogP contribution in [0.4, 0.5) is 4.39 Å². The summed E-state index contributed by atoms with van der Waals surface area (Å²) in [6.07, 6.45) is 3.12. The van der Waals surface area contributed by atoms with Gasteiger partial charge in [0, 0.05) is 10.5 Å². The van der Waals surface area contributed by atoms with Gasteiger partial charge in [-0.15, -0.1) is 12.4 Å². The van der Waals surface area contributed by atoms with Gasteiger partial charge in [-0.05, 0) is 59.4 Å². The smallest absolute Gasteiger partial charge is 0.252 e. The van der Waals surface area contributed by atoms with E-state index >= 15 is 0 Å². The van der Waals surface area contributed by atoms with Crippen molar-refractivity contribution in [2.24, 2.45) is 11.7 Å². The lowest BCUT2D eigenvalue weighted by Crippen LogP contribution is -2.40. The molecule has 1 aliphatic carbocycles. The Labute approximate surface area is 126 Å². The summed E-state index contributed by atoms with van der Waals surface area (Å²) in [5.41, 5.74) is 6.14. The highest BCUT2D eigenvalue weighted by Crippen LogP contribution is 2.25. The lowest BCUT2D eigenvalue weighted by atomic mass is 10.0. The van der Waals surface area contributed by atoms with E-state index in [2.05, 4.69) is 21.2 Å².